The van der Waals surface area contributed by atoms with Crippen LogP contribution in [-0.2, 0) is 9.53 Å². The van der Waals surface area contributed by atoms with Crippen LogP contribution in [0.2, 0.25) is 0 Å². The molecule has 0 radical (unpaired) electrons. The molecule has 4 heteroatoms. The molecule has 0 aromatic rings. The fraction of sp³-hybridized carbons (Fsp3) is 0.923. The van der Waals surface area contributed by atoms with E-state index in [9.17, 15) is 4.79 Å². The molecule has 2 aliphatic rings. The zero-order chi connectivity index (χ0) is 12.3. The maximum Gasteiger partial charge on any atom is 0.334 e. The first-order valence-corrected chi connectivity index (χ1v) is 6.88. The average Bonchev–Trinajstić information content (AvgIpc) is 2.35. The number of carbonyl (C=O) groups excluding carboxylic acids is 1. The molecule has 2 saturated heterocycles. The first-order valence-electron chi connectivity index (χ1n) is 6.88. The predicted molar refractivity (Wildman–Crippen MR) is 63.7 cm³/mol. The molecule has 0 bridgehead atoms. The van der Waals surface area contributed by atoms with Crippen LogP contribution in [0.1, 0.15) is 39.0 Å². The summed E-state index contributed by atoms with van der Waals surface area (Å²) in [7, 11) is 0. The Morgan fingerprint density at radius 1 is 1.35 bits per heavy atom. The number of piperidine rings is 2. The van der Waals surface area contributed by atoms with Crippen molar-refractivity contribution in [3.63, 3.8) is 0 Å². The Hall–Kier alpha value is -0.610. The van der Waals surface area contributed by atoms with Crippen LogP contribution in [-0.4, -0.2) is 42.9 Å². The van der Waals surface area contributed by atoms with Crippen LogP contribution in [0.5, 0.6) is 0 Å². The van der Waals surface area contributed by atoms with Crippen molar-refractivity contribution in [3.8, 4) is 0 Å². The molecule has 2 fully saturated rings. The van der Waals surface area contributed by atoms with E-state index in [1.165, 1.54) is 52.1 Å². The first kappa shape index (κ1) is 12.8. The molecule has 0 amide bonds. The monoisotopic (exact) mass is 242 g/mol. The highest BCUT2D eigenvalue weighted by Crippen LogP contribution is 2.20. The van der Waals surface area contributed by atoms with E-state index in [1.54, 1.807) is 4.90 Å². The van der Waals surface area contributed by atoms with Gasteiger partial charge in [-0.25, -0.2) is 4.79 Å². The van der Waals surface area contributed by atoms with Gasteiger partial charge in [0, 0.05) is 5.92 Å². The van der Waals surface area contributed by atoms with Crippen molar-refractivity contribution in [3.05, 3.63) is 0 Å². The lowest BCUT2D eigenvalue weighted by Crippen LogP contribution is -3.18. The molecule has 2 N–H and O–H groups in total. The summed E-state index contributed by atoms with van der Waals surface area (Å²) in [5.41, 5.74) is 0. The molecule has 0 saturated carbocycles. The van der Waals surface area contributed by atoms with Crippen LogP contribution in [0.25, 0.3) is 0 Å². The van der Waals surface area contributed by atoms with Gasteiger partial charge in [-0.2, -0.15) is 0 Å². The van der Waals surface area contributed by atoms with Gasteiger partial charge in [-0.3, -0.25) is 0 Å². The second-order valence-electron chi connectivity index (χ2n) is 5.47. The Balaban J connectivity index is 1.84. The minimum Gasteiger partial charge on any atom is -0.463 e. The first-order chi connectivity index (χ1) is 8.18. The van der Waals surface area contributed by atoms with Crippen molar-refractivity contribution in [2.45, 2.75) is 51.2 Å². The number of hydrogen-bond acceptors (Lipinski definition) is 3. The molecule has 0 aromatic carbocycles. The van der Waals surface area contributed by atoms with E-state index < -0.39 is 12.1 Å². The van der Waals surface area contributed by atoms with Crippen LogP contribution in [0, 0.1) is 5.92 Å². The number of carbonyl (C=O) groups is 1. The summed E-state index contributed by atoms with van der Waals surface area (Å²) in [6.07, 6.45) is 5.34. The van der Waals surface area contributed by atoms with Gasteiger partial charge >= 0.3 is 5.97 Å². The molecule has 98 valence electrons. The quantitative estimate of drug-likeness (QED) is 0.672. The predicted octanol–water partition coefficient (Wildman–Crippen LogP) is -0.242. The van der Waals surface area contributed by atoms with Gasteiger partial charge in [-0.15, -0.1) is 0 Å². The van der Waals surface area contributed by atoms with Crippen LogP contribution >= 0.6 is 0 Å². The Morgan fingerprint density at radius 2 is 2.12 bits per heavy atom. The van der Waals surface area contributed by atoms with Gasteiger partial charge in [-0.05, 0) is 39.0 Å². The van der Waals surface area contributed by atoms with Gasteiger partial charge in [-0.1, -0.05) is 0 Å². The highest BCUT2D eigenvalue weighted by molar-refractivity contribution is 5.73. The number of rotatable bonds is 3. The summed E-state index contributed by atoms with van der Waals surface area (Å²) in [5, 5.41) is 9.10. The number of quaternary nitrogens is 1. The molecule has 4 nitrogen and oxygen atoms in total. The smallest absolute Gasteiger partial charge is 0.334 e. The number of hydrogen-bond donors (Lipinski definition) is 2. The molecule has 17 heavy (non-hydrogen) atoms. The molecule has 0 spiro atoms. The van der Waals surface area contributed by atoms with E-state index in [0.717, 1.165) is 0 Å². The Kier molecular flexibility index (Phi) is 4.40. The van der Waals surface area contributed by atoms with Gasteiger partial charge in [0.15, 0.2) is 0 Å². The van der Waals surface area contributed by atoms with E-state index >= 15 is 0 Å². The van der Waals surface area contributed by atoms with E-state index in [-0.39, 0.29) is 0 Å². The molecular formula is C13H24NO3+. The molecule has 2 heterocycles. The third-order valence-corrected chi connectivity index (χ3v) is 4.21. The van der Waals surface area contributed by atoms with E-state index in [0.29, 0.717) is 18.6 Å². The summed E-state index contributed by atoms with van der Waals surface area (Å²) in [4.78, 5) is 13.0. The second-order valence-corrected chi connectivity index (χ2v) is 5.47. The molecule has 4 atom stereocenters. The van der Waals surface area contributed by atoms with Crippen LogP contribution in [0.4, 0.5) is 0 Å². The standard InChI is InChI=1S/C13H23NO3/c1-10(15)13(16)17-9-11-5-4-8-14-7-3-2-6-12(11)14/h10-12,15H,2-9H2,1H3/p+1/t10-,11-,12-/m1/s1. The van der Waals surface area contributed by atoms with Gasteiger partial charge in [0.2, 0.25) is 0 Å². The molecule has 0 aliphatic carbocycles. The fourth-order valence-corrected chi connectivity index (χ4v) is 3.29. The number of nitrogens with one attached hydrogen (secondary N) is 1. The third kappa shape index (κ3) is 3.19. The highest BCUT2D eigenvalue weighted by atomic mass is 16.5. The molecule has 1 unspecified atom stereocenters. The molecule has 2 aliphatic heterocycles. The number of esters is 1. The Labute approximate surface area is 103 Å². The van der Waals surface area contributed by atoms with E-state index in [1.807, 2.05) is 0 Å². The Morgan fingerprint density at radius 3 is 2.88 bits per heavy atom. The fourth-order valence-electron chi connectivity index (χ4n) is 3.29. The van der Waals surface area contributed by atoms with Gasteiger partial charge in [0.25, 0.3) is 0 Å². The van der Waals surface area contributed by atoms with Gasteiger partial charge < -0.3 is 14.7 Å². The highest BCUT2D eigenvalue weighted by Gasteiger charge is 2.37. The van der Waals surface area contributed by atoms with E-state index in [2.05, 4.69) is 0 Å². The van der Waals surface area contributed by atoms with Crippen molar-refractivity contribution < 1.29 is 19.5 Å². The molecule has 2 rings (SSSR count). The lowest BCUT2D eigenvalue weighted by atomic mass is 9.84. The van der Waals surface area contributed by atoms with Crippen molar-refractivity contribution in [1.29, 1.82) is 0 Å². The normalized spacial score (nSPS) is 34.8. The van der Waals surface area contributed by atoms with Gasteiger partial charge in [0.1, 0.15) is 6.10 Å². The number of fused-ring (bicyclic) bond motifs is 1. The largest absolute Gasteiger partial charge is 0.463 e. The SMILES string of the molecule is C[C@@H](O)C(=O)OC[C@H]1CCC[NH+]2CCCC[C@H]12. The number of aliphatic hydroxyl groups is 1. The summed E-state index contributed by atoms with van der Waals surface area (Å²) in [5.74, 6) is 0.0229. The maximum atomic E-state index is 11.3. The van der Waals surface area contributed by atoms with E-state index in [4.69, 9.17) is 9.84 Å². The summed E-state index contributed by atoms with van der Waals surface area (Å²) >= 11 is 0. The van der Waals surface area contributed by atoms with Crippen LogP contribution < -0.4 is 4.90 Å². The Bertz CT molecular complexity index is 265. The maximum absolute atomic E-state index is 11.3. The van der Waals surface area contributed by atoms with Gasteiger partial charge in [0.05, 0.1) is 25.7 Å². The summed E-state index contributed by atoms with van der Waals surface area (Å²) in [6.45, 7) is 4.52. The molecule has 0 aromatic heterocycles. The number of aliphatic hydroxyl groups excluding tert-OH is 1. The van der Waals surface area contributed by atoms with Crippen LogP contribution in [0.3, 0.4) is 0 Å². The summed E-state index contributed by atoms with van der Waals surface area (Å²) < 4.78 is 5.19. The van der Waals surface area contributed by atoms with Crippen molar-refractivity contribution >= 4 is 5.97 Å². The topological polar surface area (TPSA) is 51.0 Å². The minimum atomic E-state index is -0.992. The lowest BCUT2D eigenvalue weighted by Gasteiger charge is -2.41. The third-order valence-electron chi connectivity index (χ3n) is 4.21. The average molecular weight is 242 g/mol. The van der Waals surface area contributed by atoms with Crippen molar-refractivity contribution in [2.24, 2.45) is 5.92 Å². The van der Waals surface area contributed by atoms with Crippen molar-refractivity contribution in [2.75, 3.05) is 19.7 Å². The minimum absolute atomic E-state index is 0.479. The zero-order valence-electron chi connectivity index (χ0n) is 10.7. The van der Waals surface area contributed by atoms with Crippen molar-refractivity contribution in [1.82, 2.24) is 0 Å². The zero-order valence-corrected chi connectivity index (χ0v) is 10.7. The number of ether oxygens (including phenoxy) is 1. The van der Waals surface area contributed by atoms with Crippen LogP contribution in [0.15, 0.2) is 0 Å². The molecular weight excluding hydrogens is 218 g/mol. The second kappa shape index (κ2) is 5.83. The summed E-state index contributed by atoms with van der Waals surface area (Å²) in [6, 6.07) is 0.680. The lowest BCUT2D eigenvalue weighted by molar-refractivity contribution is -0.940.